The fourth-order valence-corrected chi connectivity index (χ4v) is 2.25. The molecule has 1 aromatic rings. The predicted molar refractivity (Wildman–Crippen MR) is 83.5 cm³/mol. The molecular weight excluding hydrogens is 292 g/mol. The monoisotopic (exact) mass is 314 g/mol. The van der Waals surface area contributed by atoms with Crippen molar-refractivity contribution < 1.29 is 13.2 Å². The van der Waals surface area contributed by atoms with Gasteiger partial charge in [-0.2, -0.15) is 0 Å². The van der Waals surface area contributed by atoms with Crippen molar-refractivity contribution in [2.75, 3.05) is 31.7 Å². The maximum atomic E-state index is 11.6. The number of hydrogen-bond acceptors (Lipinski definition) is 4. The van der Waals surface area contributed by atoms with Crippen LogP contribution in [0.15, 0.2) is 24.3 Å². The van der Waals surface area contributed by atoms with Crippen LogP contribution >= 0.6 is 0 Å². The molecule has 1 aromatic carbocycles. The summed E-state index contributed by atoms with van der Waals surface area (Å²) in [5.74, 6) is -0.142. The van der Waals surface area contributed by atoms with Crippen molar-refractivity contribution in [1.82, 2.24) is 9.62 Å². The van der Waals surface area contributed by atoms with Crippen LogP contribution in [0.2, 0.25) is 0 Å². The third-order valence-electron chi connectivity index (χ3n) is 2.90. The first-order valence-corrected chi connectivity index (χ1v) is 8.14. The van der Waals surface area contributed by atoms with Crippen LogP contribution in [0.5, 0.6) is 0 Å². The molecule has 4 N–H and O–H groups in total. The number of benzene rings is 1. The topological polar surface area (TPSA) is 105 Å². The molecule has 2 amide bonds. The molecule has 0 saturated heterocycles. The number of nitrogens with one attached hydrogen (secondary N) is 2. The number of carbonyl (C=O) groups excluding carboxylic acids is 1. The van der Waals surface area contributed by atoms with Gasteiger partial charge in [-0.3, -0.25) is 0 Å². The summed E-state index contributed by atoms with van der Waals surface area (Å²) < 4.78 is 24.2. The van der Waals surface area contributed by atoms with Crippen molar-refractivity contribution in [2.24, 2.45) is 5.73 Å². The minimum atomic E-state index is -3.30. The highest BCUT2D eigenvalue weighted by atomic mass is 32.2. The molecule has 1 rings (SSSR count). The number of nitrogens with two attached hydrogens (primary N) is 1. The fraction of sp³-hybridized carbons (Fsp3) is 0.462. The lowest BCUT2D eigenvalue weighted by molar-refractivity contribution is 0.252. The molecule has 0 radical (unpaired) electrons. The first-order valence-electron chi connectivity index (χ1n) is 6.53. The summed E-state index contributed by atoms with van der Waals surface area (Å²) in [7, 11) is -0.397. The zero-order valence-electron chi connectivity index (χ0n) is 12.5. The van der Waals surface area contributed by atoms with Crippen molar-refractivity contribution in [3.63, 3.8) is 0 Å². The highest BCUT2D eigenvalue weighted by Crippen LogP contribution is 2.13. The average Bonchev–Trinajstić information content (AvgIpc) is 2.38. The van der Waals surface area contributed by atoms with Gasteiger partial charge in [0, 0.05) is 32.4 Å². The van der Waals surface area contributed by atoms with Gasteiger partial charge in [0.05, 0.1) is 5.75 Å². The lowest BCUT2D eigenvalue weighted by Gasteiger charge is -2.12. The smallest absolute Gasteiger partial charge is 0.319 e. The Labute approximate surface area is 125 Å². The summed E-state index contributed by atoms with van der Waals surface area (Å²) in [5.41, 5.74) is 7.32. The standard InChI is InChI=1S/C13H22N4O3S/c1-10(14)11-4-6-12(7-5-11)16-13(18)15-8-9-21(19,20)17(2)3/h4-7,10H,8-9,14H2,1-3H3,(H2,15,16,18). The van der Waals surface area contributed by atoms with E-state index in [-0.39, 0.29) is 18.3 Å². The Kier molecular flexibility index (Phi) is 6.13. The summed E-state index contributed by atoms with van der Waals surface area (Å²) in [4.78, 5) is 11.6. The lowest BCUT2D eigenvalue weighted by atomic mass is 10.1. The largest absolute Gasteiger partial charge is 0.337 e. The van der Waals surface area contributed by atoms with E-state index in [1.807, 2.05) is 19.1 Å². The Morgan fingerprint density at radius 2 is 1.86 bits per heavy atom. The number of hydrogen-bond donors (Lipinski definition) is 3. The summed E-state index contributed by atoms with van der Waals surface area (Å²) in [6, 6.07) is 6.64. The zero-order valence-corrected chi connectivity index (χ0v) is 13.3. The molecule has 0 aliphatic rings. The second kappa shape index (κ2) is 7.39. The van der Waals surface area contributed by atoms with Crippen molar-refractivity contribution >= 4 is 21.7 Å². The molecule has 118 valence electrons. The van der Waals surface area contributed by atoms with Crippen LogP contribution < -0.4 is 16.4 Å². The number of carbonyl (C=O) groups is 1. The van der Waals surface area contributed by atoms with E-state index >= 15 is 0 Å². The van der Waals surface area contributed by atoms with E-state index in [2.05, 4.69) is 10.6 Å². The maximum Gasteiger partial charge on any atom is 0.319 e. The van der Waals surface area contributed by atoms with Gasteiger partial charge in [-0.1, -0.05) is 12.1 Å². The van der Waals surface area contributed by atoms with E-state index in [9.17, 15) is 13.2 Å². The first-order chi connectivity index (χ1) is 9.72. The number of nitrogens with zero attached hydrogens (tertiary/aromatic N) is 1. The number of urea groups is 1. The predicted octanol–water partition coefficient (Wildman–Crippen LogP) is 0.719. The summed E-state index contributed by atoms with van der Waals surface area (Å²) in [6.45, 7) is 1.92. The highest BCUT2D eigenvalue weighted by Gasteiger charge is 2.13. The van der Waals surface area contributed by atoms with Gasteiger partial charge in [-0.15, -0.1) is 0 Å². The van der Waals surface area contributed by atoms with E-state index in [1.54, 1.807) is 12.1 Å². The van der Waals surface area contributed by atoms with Gasteiger partial charge in [0.2, 0.25) is 10.0 Å². The Balaban J connectivity index is 2.44. The van der Waals surface area contributed by atoms with Crippen LogP contribution in [-0.2, 0) is 10.0 Å². The number of amides is 2. The molecule has 0 saturated carbocycles. The third kappa shape index (κ3) is 5.70. The van der Waals surface area contributed by atoms with Gasteiger partial charge >= 0.3 is 6.03 Å². The minimum absolute atomic E-state index is 0.0459. The summed E-state index contributed by atoms with van der Waals surface area (Å²) in [6.07, 6.45) is 0. The number of rotatable bonds is 6. The SMILES string of the molecule is CC(N)c1ccc(NC(=O)NCCS(=O)(=O)N(C)C)cc1. The highest BCUT2D eigenvalue weighted by molar-refractivity contribution is 7.89. The molecule has 0 fully saturated rings. The Morgan fingerprint density at radius 1 is 1.29 bits per heavy atom. The van der Waals surface area contributed by atoms with Crippen LogP contribution in [0.3, 0.4) is 0 Å². The van der Waals surface area contributed by atoms with E-state index < -0.39 is 16.1 Å². The van der Waals surface area contributed by atoms with E-state index in [1.165, 1.54) is 14.1 Å². The van der Waals surface area contributed by atoms with E-state index in [4.69, 9.17) is 5.73 Å². The van der Waals surface area contributed by atoms with Gasteiger partial charge in [-0.05, 0) is 24.6 Å². The Hall–Kier alpha value is -1.64. The normalized spacial score (nSPS) is 13.0. The van der Waals surface area contributed by atoms with Crippen molar-refractivity contribution in [1.29, 1.82) is 0 Å². The van der Waals surface area contributed by atoms with Crippen LogP contribution in [0.4, 0.5) is 10.5 Å². The van der Waals surface area contributed by atoms with Gasteiger partial charge in [0.1, 0.15) is 0 Å². The molecule has 0 aliphatic carbocycles. The van der Waals surface area contributed by atoms with E-state index in [0.29, 0.717) is 5.69 Å². The second-order valence-corrected chi connectivity index (χ2v) is 7.19. The molecule has 21 heavy (non-hydrogen) atoms. The summed E-state index contributed by atoms with van der Waals surface area (Å²) >= 11 is 0. The third-order valence-corrected chi connectivity index (χ3v) is 4.73. The van der Waals surface area contributed by atoms with Crippen molar-refractivity contribution in [2.45, 2.75) is 13.0 Å². The molecule has 8 heteroatoms. The average molecular weight is 314 g/mol. The molecule has 0 bridgehead atoms. The second-order valence-electron chi connectivity index (χ2n) is 4.89. The Bertz CT molecular complexity index is 568. The van der Waals surface area contributed by atoms with Crippen LogP contribution in [0, 0.1) is 0 Å². The molecule has 0 aliphatic heterocycles. The fourth-order valence-electron chi connectivity index (χ4n) is 1.52. The number of anilines is 1. The molecule has 7 nitrogen and oxygen atoms in total. The van der Waals surface area contributed by atoms with Gasteiger partial charge in [-0.25, -0.2) is 17.5 Å². The van der Waals surface area contributed by atoms with Gasteiger partial charge < -0.3 is 16.4 Å². The van der Waals surface area contributed by atoms with Crippen LogP contribution in [-0.4, -0.2) is 45.1 Å². The van der Waals surface area contributed by atoms with Crippen molar-refractivity contribution in [3.8, 4) is 0 Å². The first kappa shape index (κ1) is 17.4. The maximum absolute atomic E-state index is 11.6. The Morgan fingerprint density at radius 3 is 2.33 bits per heavy atom. The van der Waals surface area contributed by atoms with Gasteiger partial charge in [0.15, 0.2) is 0 Å². The van der Waals surface area contributed by atoms with Crippen LogP contribution in [0.25, 0.3) is 0 Å². The van der Waals surface area contributed by atoms with Crippen LogP contribution in [0.1, 0.15) is 18.5 Å². The number of sulfonamides is 1. The quantitative estimate of drug-likeness (QED) is 0.719. The lowest BCUT2D eigenvalue weighted by Crippen LogP contribution is -2.36. The van der Waals surface area contributed by atoms with Gasteiger partial charge in [0.25, 0.3) is 0 Å². The molecule has 0 aromatic heterocycles. The molecule has 0 spiro atoms. The molecule has 1 atom stereocenters. The zero-order chi connectivity index (χ0) is 16.0. The van der Waals surface area contributed by atoms with E-state index in [0.717, 1.165) is 9.87 Å². The van der Waals surface area contributed by atoms with Crippen molar-refractivity contribution in [3.05, 3.63) is 29.8 Å². The molecule has 0 heterocycles. The molecule has 1 unspecified atom stereocenters. The summed E-state index contributed by atoms with van der Waals surface area (Å²) in [5, 5.41) is 5.12. The minimum Gasteiger partial charge on any atom is -0.337 e. The molecular formula is C13H22N4O3S.